The second-order valence-electron chi connectivity index (χ2n) is 6.43. The van der Waals surface area contributed by atoms with Crippen LogP contribution in [0.3, 0.4) is 0 Å². The molecule has 1 saturated heterocycles. The van der Waals surface area contributed by atoms with Gasteiger partial charge < -0.3 is 15.2 Å². The largest absolute Gasteiger partial charge is 0.481 e. The Morgan fingerprint density at radius 3 is 2.76 bits per heavy atom. The number of carboxylic acid groups (broad SMARTS) is 1. The summed E-state index contributed by atoms with van der Waals surface area (Å²) in [4.78, 5) is 23.7. The van der Waals surface area contributed by atoms with Gasteiger partial charge in [0.15, 0.2) is 0 Å². The van der Waals surface area contributed by atoms with Gasteiger partial charge in [-0.15, -0.1) is 0 Å². The number of carbonyl (C=O) groups excluding carboxylic acids is 1. The SMILES string of the molecule is CCCCCC1C(C(=O)O)C(=O)NC2CC(OC)CCC21. The van der Waals surface area contributed by atoms with Gasteiger partial charge in [0.25, 0.3) is 0 Å². The van der Waals surface area contributed by atoms with E-state index in [0.29, 0.717) is 0 Å². The predicted molar refractivity (Wildman–Crippen MR) is 78.8 cm³/mol. The van der Waals surface area contributed by atoms with Gasteiger partial charge in [-0.05, 0) is 37.5 Å². The molecule has 1 aliphatic heterocycles. The van der Waals surface area contributed by atoms with Crippen LogP contribution in [-0.2, 0) is 14.3 Å². The first-order chi connectivity index (χ1) is 10.1. The van der Waals surface area contributed by atoms with E-state index in [1.54, 1.807) is 7.11 Å². The molecule has 5 atom stereocenters. The van der Waals surface area contributed by atoms with Crippen LogP contribution in [0.4, 0.5) is 0 Å². The Balaban J connectivity index is 2.12. The number of carbonyl (C=O) groups is 2. The first kappa shape index (κ1) is 16.3. The van der Waals surface area contributed by atoms with Crippen molar-refractivity contribution in [3.8, 4) is 0 Å². The van der Waals surface area contributed by atoms with Crippen molar-refractivity contribution < 1.29 is 19.4 Å². The fraction of sp³-hybridized carbons (Fsp3) is 0.875. The second kappa shape index (κ2) is 7.25. The number of hydrogen-bond donors (Lipinski definition) is 2. The van der Waals surface area contributed by atoms with E-state index < -0.39 is 11.9 Å². The Morgan fingerprint density at radius 2 is 2.14 bits per heavy atom. The van der Waals surface area contributed by atoms with Crippen LogP contribution in [0.1, 0.15) is 51.9 Å². The summed E-state index contributed by atoms with van der Waals surface area (Å²) >= 11 is 0. The minimum atomic E-state index is -0.971. The molecule has 1 saturated carbocycles. The molecule has 1 amide bonds. The van der Waals surface area contributed by atoms with E-state index in [-0.39, 0.29) is 29.9 Å². The molecule has 120 valence electrons. The molecule has 1 aliphatic carbocycles. The number of carboxylic acids is 1. The lowest BCUT2D eigenvalue weighted by Crippen LogP contribution is -2.59. The van der Waals surface area contributed by atoms with E-state index >= 15 is 0 Å². The fourth-order valence-electron chi connectivity index (χ4n) is 4.07. The molecule has 5 unspecified atom stereocenters. The topological polar surface area (TPSA) is 75.6 Å². The normalized spacial score (nSPS) is 35.9. The van der Waals surface area contributed by atoms with Crippen LogP contribution >= 0.6 is 0 Å². The Labute approximate surface area is 126 Å². The van der Waals surface area contributed by atoms with Crippen LogP contribution in [0.15, 0.2) is 0 Å². The number of rotatable bonds is 6. The summed E-state index contributed by atoms with van der Waals surface area (Å²) in [6.07, 6.45) is 6.97. The van der Waals surface area contributed by atoms with Gasteiger partial charge in [0.2, 0.25) is 5.91 Å². The number of ether oxygens (including phenoxy) is 1. The van der Waals surface area contributed by atoms with E-state index in [1.807, 2.05) is 0 Å². The average Bonchev–Trinajstić information content (AvgIpc) is 2.46. The lowest BCUT2D eigenvalue weighted by Gasteiger charge is -2.46. The van der Waals surface area contributed by atoms with Gasteiger partial charge in [0.1, 0.15) is 5.92 Å². The van der Waals surface area contributed by atoms with Gasteiger partial charge in [-0.3, -0.25) is 9.59 Å². The van der Waals surface area contributed by atoms with Crippen molar-refractivity contribution in [1.82, 2.24) is 5.32 Å². The van der Waals surface area contributed by atoms with Gasteiger partial charge in [-0.2, -0.15) is 0 Å². The third-order valence-corrected chi connectivity index (χ3v) is 5.18. The van der Waals surface area contributed by atoms with Gasteiger partial charge in [0.05, 0.1) is 6.10 Å². The highest BCUT2D eigenvalue weighted by Crippen LogP contribution is 2.41. The molecule has 0 radical (unpaired) electrons. The molecule has 2 rings (SSSR count). The standard InChI is InChI=1S/C16H27NO4/c1-3-4-5-6-12-11-8-7-10(21-2)9-13(11)17-15(18)14(12)16(19)20/h10-14H,3-9H2,1-2H3,(H,17,18)(H,19,20). The molecule has 2 aliphatic rings. The summed E-state index contributed by atoms with van der Waals surface area (Å²) in [5.74, 6) is -1.89. The molecule has 0 bridgehead atoms. The quantitative estimate of drug-likeness (QED) is 0.582. The minimum absolute atomic E-state index is 0.0226. The molecule has 2 N–H and O–H groups in total. The highest BCUT2D eigenvalue weighted by molar-refractivity contribution is 5.98. The van der Waals surface area contributed by atoms with Crippen LogP contribution < -0.4 is 5.32 Å². The van der Waals surface area contributed by atoms with Gasteiger partial charge in [-0.1, -0.05) is 26.2 Å². The Kier molecular flexibility index (Phi) is 5.62. The number of piperidine rings is 1. The Bertz CT molecular complexity index is 384. The van der Waals surface area contributed by atoms with Gasteiger partial charge in [-0.25, -0.2) is 0 Å². The number of methoxy groups -OCH3 is 1. The van der Waals surface area contributed by atoms with Crippen molar-refractivity contribution in [2.24, 2.45) is 17.8 Å². The van der Waals surface area contributed by atoms with Crippen LogP contribution in [0.2, 0.25) is 0 Å². The monoisotopic (exact) mass is 297 g/mol. The molecule has 21 heavy (non-hydrogen) atoms. The highest BCUT2D eigenvalue weighted by Gasteiger charge is 2.48. The summed E-state index contributed by atoms with van der Waals surface area (Å²) in [6, 6.07) is 0.0819. The Morgan fingerprint density at radius 1 is 1.38 bits per heavy atom. The maximum absolute atomic E-state index is 12.2. The number of aliphatic carboxylic acids is 1. The van der Waals surface area contributed by atoms with E-state index in [1.165, 1.54) is 0 Å². The number of amides is 1. The van der Waals surface area contributed by atoms with E-state index in [4.69, 9.17) is 4.74 Å². The van der Waals surface area contributed by atoms with Gasteiger partial charge >= 0.3 is 5.97 Å². The molecule has 0 aromatic carbocycles. The second-order valence-corrected chi connectivity index (χ2v) is 6.43. The van der Waals surface area contributed by atoms with E-state index in [9.17, 15) is 14.7 Å². The molecule has 5 nitrogen and oxygen atoms in total. The lowest BCUT2D eigenvalue weighted by molar-refractivity contribution is -0.155. The summed E-state index contributed by atoms with van der Waals surface area (Å²) in [6.45, 7) is 2.13. The number of unbranched alkanes of at least 4 members (excludes halogenated alkanes) is 2. The Hall–Kier alpha value is -1.10. The van der Waals surface area contributed by atoms with E-state index in [0.717, 1.165) is 44.9 Å². The molecular weight excluding hydrogens is 270 g/mol. The third-order valence-electron chi connectivity index (χ3n) is 5.18. The number of hydrogen-bond acceptors (Lipinski definition) is 3. The van der Waals surface area contributed by atoms with Crippen molar-refractivity contribution in [2.45, 2.75) is 64.0 Å². The van der Waals surface area contributed by atoms with Crippen molar-refractivity contribution in [3.05, 3.63) is 0 Å². The van der Waals surface area contributed by atoms with Crippen LogP contribution in [-0.4, -0.2) is 36.2 Å². The summed E-state index contributed by atoms with van der Waals surface area (Å²) in [5.41, 5.74) is 0. The fourth-order valence-corrected chi connectivity index (χ4v) is 4.07. The zero-order chi connectivity index (χ0) is 15.4. The summed E-state index contributed by atoms with van der Waals surface area (Å²) < 4.78 is 5.42. The molecule has 1 heterocycles. The maximum Gasteiger partial charge on any atom is 0.316 e. The first-order valence-electron chi connectivity index (χ1n) is 8.14. The molecule has 2 fully saturated rings. The zero-order valence-corrected chi connectivity index (χ0v) is 13.0. The minimum Gasteiger partial charge on any atom is -0.481 e. The molecule has 0 aromatic heterocycles. The summed E-state index contributed by atoms with van der Waals surface area (Å²) in [7, 11) is 1.70. The number of nitrogens with one attached hydrogen (secondary N) is 1. The lowest BCUT2D eigenvalue weighted by atomic mass is 9.66. The smallest absolute Gasteiger partial charge is 0.316 e. The zero-order valence-electron chi connectivity index (χ0n) is 13.0. The molecule has 0 aromatic rings. The molecule has 5 heteroatoms. The van der Waals surface area contributed by atoms with E-state index in [2.05, 4.69) is 12.2 Å². The predicted octanol–water partition coefficient (Wildman–Crippen LogP) is 2.20. The number of fused-ring (bicyclic) bond motifs is 1. The molecular formula is C16H27NO4. The van der Waals surface area contributed by atoms with Crippen molar-refractivity contribution in [2.75, 3.05) is 7.11 Å². The summed E-state index contributed by atoms with van der Waals surface area (Å²) in [5, 5.41) is 12.4. The first-order valence-corrected chi connectivity index (χ1v) is 8.14. The van der Waals surface area contributed by atoms with Crippen LogP contribution in [0.5, 0.6) is 0 Å². The highest BCUT2D eigenvalue weighted by atomic mass is 16.5. The van der Waals surface area contributed by atoms with Gasteiger partial charge in [0, 0.05) is 13.2 Å². The van der Waals surface area contributed by atoms with Crippen LogP contribution in [0, 0.1) is 17.8 Å². The maximum atomic E-state index is 12.2. The van der Waals surface area contributed by atoms with Crippen molar-refractivity contribution in [1.29, 1.82) is 0 Å². The van der Waals surface area contributed by atoms with Crippen molar-refractivity contribution in [3.63, 3.8) is 0 Å². The molecule has 0 spiro atoms. The average molecular weight is 297 g/mol. The van der Waals surface area contributed by atoms with Crippen molar-refractivity contribution >= 4 is 11.9 Å². The van der Waals surface area contributed by atoms with Crippen LogP contribution in [0.25, 0.3) is 0 Å². The third kappa shape index (κ3) is 3.57.